The maximum Gasteiger partial charge on any atom is 0.148 e. The molecule has 3 nitrogen and oxygen atoms in total. The van der Waals surface area contributed by atoms with Gasteiger partial charge in [-0.3, -0.25) is 0 Å². The highest BCUT2D eigenvalue weighted by atomic mass is 32.2. The third kappa shape index (κ3) is 8.36. The van der Waals surface area contributed by atoms with Crippen molar-refractivity contribution in [2.24, 2.45) is 0 Å². The van der Waals surface area contributed by atoms with E-state index in [9.17, 15) is 8.42 Å². The molecule has 1 unspecified atom stereocenters. The quantitative estimate of drug-likeness (QED) is 0.689. The second-order valence-electron chi connectivity index (χ2n) is 2.87. The van der Waals surface area contributed by atoms with Gasteiger partial charge in [-0.25, -0.2) is 8.42 Å². The molecule has 0 heterocycles. The molecular formula is C7H17NO2S2. The smallest absolute Gasteiger partial charge is 0.148 e. The van der Waals surface area contributed by atoms with Crippen molar-refractivity contribution in [2.75, 3.05) is 31.4 Å². The van der Waals surface area contributed by atoms with Crippen LogP contribution in [-0.4, -0.2) is 45.0 Å². The summed E-state index contributed by atoms with van der Waals surface area (Å²) in [6.07, 6.45) is 1.27. The van der Waals surface area contributed by atoms with Crippen LogP contribution in [0.1, 0.15) is 6.92 Å². The highest BCUT2D eigenvalue weighted by Gasteiger charge is 2.04. The third-order valence-electron chi connectivity index (χ3n) is 1.35. The Morgan fingerprint density at radius 3 is 2.50 bits per heavy atom. The van der Waals surface area contributed by atoms with Crippen molar-refractivity contribution in [1.82, 2.24) is 5.32 Å². The van der Waals surface area contributed by atoms with E-state index >= 15 is 0 Å². The lowest BCUT2D eigenvalue weighted by molar-refractivity contribution is 0.603. The van der Waals surface area contributed by atoms with E-state index in [4.69, 9.17) is 0 Å². The van der Waals surface area contributed by atoms with Gasteiger partial charge in [-0.15, -0.1) is 0 Å². The zero-order valence-electron chi connectivity index (χ0n) is 7.83. The van der Waals surface area contributed by atoms with Crippen molar-refractivity contribution in [2.45, 2.75) is 12.2 Å². The van der Waals surface area contributed by atoms with E-state index in [2.05, 4.69) is 12.2 Å². The summed E-state index contributed by atoms with van der Waals surface area (Å²) in [5.74, 6) is 0.980. The SMILES string of the molecule is CNCC(C)SCCS(C)(=O)=O. The van der Waals surface area contributed by atoms with Gasteiger partial charge in [0.2, 0.25) is 0 Å². The normalized spacial score (nSPS) is 14.6. The van der Waals surface area contributed by atoms with E-state index in [-0.39, 0.29) is 5.75 Å². The monoisotopic (exact) mass is 211 g/mol. The van der Waals surface area contributed by atoms with Crippen LogP contribution in [-0.2, 0) is 9.84 Å². The molecule has 1 N–H and O–H groups in total. The minimum Gasteiger partial charge on any atom is -0.319 e. The lowest BCUT2D eigenvalue weighted by Crippen LogP contribution is -2.19. The molecule has 0 rings (SSSR count). The topological polar surface area (TPSA) is 46.2 Å². The zero-order valence-corrected chi connectivity index (χ0v) is 9.46. The van der Waals surface area contributed by atoms with E-state index in [1.807, 2.05) is 7.05 Å². The van der Waals surface area contributed by atoms with Crippen LogP contribution in [0.5, 0.6) is 0 Å². The summed E-state index contributed by atoms with van der Waals surface area (Å²) in [5.41, 5.74) is 0. The highest BCUT2D eigenvalue weighted by Crippen LogP contribution is 2.09. The van der Waals surface area contributed by atoms with Gasteiger partial charge < -0.3 is 5.32 Å². The number of nitrogens with one attached hydrogen (secondary N) is 1. The van der Waals surface area contributed by atoms with Crippen molar-refractivity contribution in [1.29, 1.82) is 0 Å². The highest BCUT2D eigenvalue weighted by molar-refractivity contribution is 8.01. The van der Waals surface area contributed by atoms with Gasteiger partial charge in [-0.05, 0) is 7.05 Å². The standard InChI is InChI=1S/C7H17NO2S2/c1-7(6-8-2)11-4-5-12(3,9)10/h7-8H,4-6H2,1-3H3. The van der Waals surface area contributed by atoms with Crippen molar-refractivity contribution in [3.05, 3.63) is 0 Å². The summed E-state index contributed by atoms with van der Waals surface area (Å²) in [6, 6.07) is 0. The first-order valence-corrected chi connectivity index (χ1v) is 7.00. The van der Waals surface area contributed by atoms with Crippen molar-refractivity contribution in [3.8, 4) is 0 Å². The van der Waals surface area contributed by atoms with Gasteiger partial charge in [0.1, 0.15) is 9.84 Å². The van der Waals surface area contributed by atoms with Crippen LogP contribution < -0.4 is 5.32 Å². The summed E-state index contributed by atoms with van der Waals surface area (Å²) in [4.78, 5) is 0. The average molecular weight is 211 g/mol. The Bertz CT molecular complexity index is 201. The Balaban J connectivity index is 3.44. The summed E-state index contributed by atoms with van der Waals surface area (Å²) in [7, 11) is -0.880. The Morgan fingerprint density at radius 1 is 1.50 bits per heavy atom. The number of thioether (sulfide) groups is 1. The van der Waals surface area contributed by atoms with E-state index in [0.717, 1.165) is 6.54 Å². The lowest BCUT2D eigenvalue weighted by atomic mass is 10.5. The molecule has 0 aliphatic carbocycles. The van der Waals surface area contributed by atoms with E-state index in [1.54, 1.807) is 11.8 Å². The minimum absolute atomic E-state index is 0.283. The summed E-state index contributed by atoms with van der Waals surface area (Å²) >= 11 is 1.69. The fourth-order valence-corrected chi connectivity index (χ4v) is 3.03. The molecular weight excluding hydrogens is 194 g/mol. The van der Waals surface area contributed by atoms with Crippen LogP contribution in [0.25, 0.3) is 0 Å². The fraction of sp³-hybridized carbons (Fsp3) is 1.00. The van der Waals surface area contributed by atoms with Crippen LogP contribution in [0.3, 0.4) is 0 Å². The summed E-state index contributed by atoms with van der Waals surface area (Å²) < 4.78 is 21.5. The van der Waals surface area contributed by atoms with Gasteiger partial charge in [0.15, 0.2) is 0 Å². The van der Waals surface area contributed by atoms with Gasteiger partial charge in [0, 0.05) is 23.8 Å². The molecule has 0 aliphatic rings. The molecule has 0 aromatic rings. The molecule has 0 aromatic heterocycles. The summed E-state index contributed by atoms with van der Waals surface area (Å²) in [6.45, 7) is 3.01. The predicted molar refractivity (Wildman–Crippen MR) is 55.6 cm³/mol. The van der Waals surface area contributed by atoms with Gasteiger partial charge in [0.05, 0.1) is 5.75 Å². The molecule has 0 bridgehead atoms. The van der Waals surface area contributed by atoms with Crippen molar-refractivity contribution >= 4 is 21.6 Å². The van der Waals surface area contributed by atoms with Gasteiger partial charge >= 0.3 is 0 Å². The first-order chi connectivity index (χ1) is 5.45. The predicted octanol–water partition coefficient (Wildman–Crippen LogP) is 0.372. The van der Waals surface area contributed by atoms with Crippen molar-refractivity contribution < 1.29 is 8.42 Å². The van der Waals surface area contributed by atoms with Crippen LogP contribution >= 0.6 is 11.8 Å². The summed E-state index contributed by atoms with van der Waals surface area (Å²) in [5, 5.41) is 3.53. The van der Waals surface area contributed by atoms with E-state index in [0.29, 0.717) is 11.0 Å². The fourth-order valence-electron chi connectivity index (χ4n) is 0.747. The van der Waals surface area contributed by atoms with Crippen LogP contribution in [0.15, 0.2) is 0 Å². The molecule has 0 saturated carbocycles. The first kappa shape index (κ1) is 12.3. The molecule has 74 valence electrons. The van der Waals surface area contributed by atoms with Crippen LogP contribution in [0.4, 0.5) is 0 Å². The second-order valence-corrected chi connectivity index (χ2v) is 6.68. The third-order valence-corrected chi connectivity index (χ3v) is 3.73. The average Bonchev–Trinajstić information content (AvgIpc) is 1.84. The number of rotatable bonds is 6. The minimum atomic E-state index is -2.78. The Morgan fingerprint density at radius 2 is 2.08 bits per heavy atom. The largest absolute Gasteiger partial charge is 0.319 e. The van der Waals surface area contributed by atoms with E-state index in [1.165, 1.54) is 6.26 Å². The van der Waals surface area contributed by atoms with Gasteiger partial charge in [-0.1, -0.05) is 6.92 Å². The Hall–Kier alpha value is 0.260. The number of hydrogen-bond acceptors (Lipinski definition) is 4. The van der Waals surface area contributed by atoms with Gasteiger partial charge in [0.25, 0.3) is 0 Å². The first-order valence-electron chi connectivity index (χ1n) is 3.89. The lowest BCUT2D eigenvalue weighted by Gasteiger charge is -2.08. The molecule has 0 aromatic carbocycles. The molecule has 1 atom stereocenters. The number of sulfone groups is 1. The van der Waals surface area contributed by atoms with Crippen molar-refractivity contribution in [3.63, 3.8) is 0 Å². The number of hydrogen-bond donors (Lipinski definition) is 1. The molecule has 5 heteroatoms. The molecule has 0 amide bonds. The molecule has 0 spiro atoms. The Kier molecular flexibility index (Phi) is 5.96. The van der Waals surface area contributed by atoms with Gasteiger partial charge in [-0.2, -0.15) is 11.8 Å². The molecule has 12 heavy (non-hydrogen) atoms. The van der Waals surface area contributed by atoms with E-state index < -0.39 is 9.84 Å². The zero-order chi connectivity index (χ0) is 9.61. The van der Waals surface area contributed by atoms with Crippen LogP contribution in [0, 0.1) is 0 Å². The molecule has 0 saturated heterocycles. The maximum atomic E-state index is 10.7. The second kappa shape index (κ2) is 5.83. The Labute approximate surface area is 79.2 Å². The molecule has 0 fully saturated rings. The maximum absolute atomic E-state index is 10.7. The molecule has 0 radical (unpaired) electrons. The molecule has 0 aliphatic heterocycles. The van der Waals surface area contributed by atoms with Crippen LogP contribution in [0.2, 0.25) is 0 Å².